The Kier molecular flexibility index (Phi) is 19.1. The highest BCUT2D eigenvalue weighted by molar-refractivity contribution is 7.51. The molecular formula is C71H58N7O17P. The van der Waals surface area contributed by atoms with E-state index < -0.39 is 97.8 Å². The largest absolute Gasteiger partial charge is 0.452 e. The van der Waals surface area contributed by atoms with Crippen molar-refractivity contribution in [3.8, 4) is 17.2 Å². The highest BCUT2D eigenvalue weighted by atomic mass is 31.2. The Hall–Kier alpha value is -11.5. The van der Waals surface area contributed by atoms with Crippen molar-refractivity contribution in [2.45, 2.75) is 55.9 Å². The Labute approximate surface area is 546 Å². The minimum atomic E-state index is -5.38. The van der Waals surface area contributed by atoms with Gasteiger partial charge < -0.3 is 43.6 Å². The fraction of sp³-hybridized carbons (Fsp3) is 0.155. The topological polar surface area (TPSA) is 312 Å². The molecule has 4 heterocycles. The number of rotatable bonds is 21. The van der Waals surface area contributed by atoms with Gasteiger partial charge in [-0.3, -0.25) is 24.1 Å². The summed E-state index contributed by atoms with van der Waals surface area (Å²) < 4.78 is 57.6. The highest BCUT2D eigenvalue weighted by Gasteiger charge is 2.54. The fourth-order valence-electron chi connectivity index (χ4n) is 11.7. The van der Waals surface area contributed by atoms with E-state index in [1.54, 1.807) is 200 Å². The van der Waals surface area contributed by atoms with E-state index in [1.165, 1.54) is 31.2 Å². The summed E-state index contributed by atoms with van der Waals surface area (Å²) in [5.74, 6) is -4.95. The minimum Gasteiger partial charge on any atom is -0.452 e. The van der Waals surface area contributed by atoms with Crippen LogP contribution in [-0.2, 0) is 38.4 Å². The molecular weight excluding hydrogens is 1250 g/mol. The number of H-pyrrole nitrogens is 1. The molecule has 8 aromatic carbocycles. The summed E-state index contributed by atoms with van der Waals surface area (Å²) in [5.41, 5.74) is -0.328. The normalized spacial score (nSPS) is 17.5. The third kappa shape index (κ3) is 14.0. The van der Waals surface area contributed by atoms with Crippen LogP contribution in [0.15, 0.2) is 236 Å². The number of ether oxygens (including phenoxy) is 6. The molecule has 10 aromatic rings. The van der Waals surface area contributed by atoms with Crippen molar-refractivity contribution in [2.75, 3.05) is 18.5 Å². The summed E-state index contributed by atoms with van der Waals surface area (Å²) >= 11 is 0. The second-order valence-corrected chi connectivity index (χ2v) is 23.7. The van der Waals surface area contributed by atoms with Crippen LogP contribution in [-0.4, -0.2) is 108 Å². The fourth-order valence-corrected chi connectivity index (χ4v) is 12.5. The quantitative estimate of drug-likeness (QED) is 0.0225. The monoisotopic (exact) mass is 1310 g/mol. The molecule has 2 aliphatic heterocycles. The number of nitrogens with one attached hydrogen (secondary N) is 3. The molecule has 12 rings (SSSR count). The first-order valence-electron chi connectivity index (χ1n) is 30.1. The Morgan fingerprint density at radius 3 is 1.40 bits per heavy atom. The third-order valence-electron chi connectivity index (χ3n) is 16.0. The van der Waals surface area contributed by atoms with Gasteiger partial charge in [0.2, 0.25) is 11.8 Å². The highest BCUT2D eigenvalue weighted by Crippen LogP contribution is 2.49. The zero-order chi connectivity index (χ0) is 66.9. The van der Waals surface area contributed by atoms with Crippen LogP contribution in [0.25, 0.3) is 11.2 Å². The average molecular weight is 1310 g/mol. The van der Waals surface area contributed by atoms with Crippen LogP contribution in [0.4, 0.5) is 5.82 Å². The summed E-state index contributed by atoms with van der Waals surface area (Å²) in [6.45, 7) is 0.397. The van der Waals surface area contributed by atoms with Crippen LogP contribution in [0.3, 0.4) is 0 Å². The van der Waals surface area contributed by atoms with Gasteiger partial charge in [-0.25, -0.2) is 47.9 Å². The molecule has 0 bridgehead atoms. The molecule has 1 unspecified atom stereocenters. The number of nitrogens with zero attached hydrogens (tertiary/aromatic N) is 4. The second-order valence-electron chi connectivity index (χ2n) is 22.1. The number of esters is 5. The summed E-state index contributed by atoms with van der Waals surface area (Å²) in [4.78, 5) is 135. The van der Waals surface area contributed by atoms with Crippen molar-refractivity contribution in [3.05, 3.63) is 286 Å². The van der Waals surface area contributed by atoms with Gasteiger partial charge in [0.25, 0.3) is 0 Å². The Morgan fingerprint density at radius 2 is 0.979 bits per heavy atom. The van der Waals surface area contributed by atoms with Gasteiger partial charge in [0.15, 0.2) is 29.9 Å². The number of anilines is 1. The van der Waals surface area contributed by atoms with Gasteiger partial charge in [-0.1, -0.05) is 127 Å². The second kappa shape index (κ2) is 28.4. The number of amides is 2. The maximum absolute atomic E-state index is 15.3. The summed E-state index contributed by atoms with van der Waals surface area (Å²) in [5, 5.41) is 4.75. The first-order valence-corrected chi connectivity index (χ1v) is 31.7. The molecule has 25 heteroatoms. The molecule has 2 amide bonds. The number of aromatic nitrogens is 4. The van der Waals surface area contributed by atoms with Crippen molar-refractivity contribution in [2.24, 2.45) is 0 Å². The molecule has 4 N–H and O–H groups in total. The lowest BCUT2D eigenvalue weighted by Gasteiger charge is -2.46. The lowest BCUT2D eigenvalue weighted by Crippen LogP contribution is -2.54. The maximum atomic E-state index is 15.3. The van der Waals surface area contributed by atoms with Gasteiger partial charge in [-0.2, -0.15) is 0 Å². The number of likely N-dealkylation sites (tertiary alicyclic amines) is 1. The Bertz CT molecular complexity index is 4370. The molecule has 2 saturated heterocycles. The van der Waals surface area contributed by atoms with Crippen molar-refractivity contribution in [1.29, 1.82) is 0 Å². The number of carbonyl (C=O) groups excluding carboxylic acids is 7. The van der Waals surface area contributed by atoms with Gasteiger partial charge in [-0.05, 0) is 127 Å². The van der Waals surface area contributed by atoms with E-state index in [1.807, 2.05) is 4.90 Å². The lowest BCUT2D eigenvalue weighted by atomic mass is 9.75. The molecule has 0 aliphatic carbocycles. The van der Waals surface area contributed by atoms with Gasteiger partial charge in [-0.15, -0.1) is 0 Å². The van der Waals surface area contributed by atoms with E-state index in [4.69, 9.17) is 32.9 Å². The van der Waals surface area contributed by atoms with Crippen LogP contribution in [0.5, 0.6) is 17.2 Å². The van der Waals surface area contributed by atoms with Crippen LogP contribution in [0, 0.1) is 0 Å². The molecule has 0 spiro atoms. The molecule has 484 valence electrons. The number of hydrogen-bond acceptors (Lipinski definition) is 19. The predicted octanol–water partition coefficient (Wildman–Crippen LogP) is 9.77. The number of aromatic amines is 1. The van der Waals surface area contributed by atoms with Gasteiger partial charge >= 0.3 is 43.3 Å². The number of fused-ring (bicyclic) bond motifs is 1. The van der Waals surface area contributed by atoms with Crippen LogP contribution in [0.2, 0.25) is 0 Å². The number of benzene rings is 8. The van der Waals surface area contributed by atoms with Gasteiger partial charge in [0.05, 0.1) is 46.0 Å². The van der Waals surface area contributed by atoms with Crippen molar-refractivity contribution in [3.63, 3.8) is 0 Å². The van der Waals surface area contributed by atoms with E-state index in [2.05, 4.69) is 25.4 Å². The Morgan fingerprint density at radius 1 is 0.573 bits per heavy atom. The smallest absolute Gasteiger partial charge is 0.432 e. The van der Waals surface area contributed by atoms with E-state index in [0.29, 0.717) is 39.8 Å². The zero-order valence-corrected chi connectivity index (χ0v) is 51.8. The molecule has 2 fully saturated rings. The summed E-state index contributed by atoms with van der Waals surface area (Å²) in [6.07, 6.45) is -5.42. The van der Waals surface area contributed by atoms with Crippen LogP contribution in [0.1, 0.15) is 94.5 Å². The zero-order valence-electron chi connectivity index (χ0n) is 50.9. The first kappa shape index (κ1) is 64.6. The van der Waals surface area contributed by atoms with Crippen LogP contribution >= 0.6 is 7.75 Å². The lowest BCUT2D eigenvalue weighted by molar-refractivity contribution is -0.125. The first-order chi connectivity index (χ1) is 46.5. The van der Waals surface area contributed by atoms with Gasteiger partial charge in [0.1, 0.15) is 35.2 Å². The Balaban J connectivity index is 0.899. The molecule has 0 radical (unpaired) electrons. The maximum Gasteiger partial charge on any atom is 0.432 e. The van der Waals surface area contributed by atoms with Gasteiger partial charge in [0, 0.05) is 13.5 Å². The molecule has 2 aliphatic rings. The molecule has 96 heavy (non-hydrogen) atoms. The number of imidazole rings is 1. The molecule has 0 saturated carbocycles. The number of hydrogen-bond donors (Lipinski definition) is 4. The van der Waals surface area contributed by atoms with Crippen molar-refractivity contribution >= 4 is 66.4 Å². The van der Waals surface area contributed by atoms with E-state index in [-0.39, 0.29) is 58.3 Å². The van der Waals surface area contributed by atoms with E-state index >= 15 is 4.79 Å². The van der Waals surface area contributed by atoms with E-state index in [0.717, 1.165) is 10.9 Å². The SMILES string of the molecule is CC(=O)Nc1ncnc2c1[nH]c(=O)n2[C@@H]1O[C@H](COP(=O)(O)NC(=O)[C@@H]2CCCN2C(c2ccc(OC(=O)c3ccccc3)cc2)(c2ccc(OC(=O)c3ccccc3)cc2)c2ccc(OC(=O)c3ccccc3)cc2)[C@@H](OC(=O)c2ccccc2)[C@H]1OC(=O)c1ccccc1. The third-order valence-corrected chi connectivity index (χ3v) is 17.0. The predicted molar refractivity (Wildman–Crippen MR) is 345 cm³/mol. The molecule has 2 aromatic heterocycles. The summed E-state index contributed by atoms with van der Waals surface area (Å²) in [6, 6.07) is 59.0. The molecule has 24 nitrogen and oxygen atoms in total. The van der Waals surface area contributed by atoms with E-state index in [9.17, 15) is 43.0 Å². The summed E-state index contributed by atoms with van der Waals surface area (Å²) in [7, 11) is -5.38. The molecule has 6 atom stereocenters. The standard InChI is InChI=1S/C71H58N7O17P/c1-44(79)74-61-58-62(73-43-72-61)78(70(86)75-58)64-60(95-69(85)49-26-15-6-16-27-49)59(94-68(84)48-24-13-5-14-25-48)57(93-64)42-89-96(87,88)76-63(80)56-28-17-41-77(56)71(50-29-35-53(36-30-50)90-65(81)45-18-7-2-8-19-45,51-31-37-54(38-32-51)91-66(82)46-20-9-3-10-21-46)52-33-39-55(40-34-52)92-67(83)47-22-11-4-12-23-47/h2-16,18-27,29-40,43,56-57,59-60,64H,17,28,41-42H2,1H3,(H,75,86)(H,72,73,74,79)(H2,76,80,87,88)/t56-,57+,59+,60+,64+/m0/s1. The minimum absolute atomic E-state index is 0.0373. The van der Waals surface area contributed by atoms with Crippen molar-refractivity contribution in [1.82, 2.24) is 29.5 Å². The average Bonchev–Trinajstić information content (AvgIpc) is 1.39. The van der Waals surface area contributed by atoms with Crippen LogP contribution < -0.4 is 30.3 Å². The van der Waals surface area contributed by atoms with Crippen molar-refractivity contribution < 1.29 is 76.0 Å². The number of carbonyl (C=O) groups is 7.